The number of carbonyl (C=O) groups is 2. The van der Waals surface area contributed by atoms with Gasteiger partial charge in [-0.25, -0.2) is 4.57 Å². The molecule has 0 aliphatic carbocycles. The summed E-state index contributed by atoms with van der Waals surface area (Å²) in [6.45, 7) is 2.23. The van der Waals surface area contributed by atoms with Gasteiger partial charge >= 0.3 is 19.8 Å². The summed E-state index contributed by atoms with van der Waals surface area (Å²) in [5, 5.41) is 19.2. The third-order valence-electron chi connectivity index (χ3n) is 11.1. The first-order chi connectivity index (χ1) is 29.8. The van der Waals surface area contributed by atoms with E-state index in [0.717, 1.165) is 57.8 Å². The second-order valence-corrected chi connectivity index (χ2v) is 18.6. The molecular weight excluding hydrogens is 792 g/mol. The molecule has 11 heteroatoms. The summed E-state index contributed by atoms with van der Waals surface area (Å²) in [7, 11) is -4.64. The first kappa shape index (κ1) is 59.5. The van der Waals surface area contributed by atoms with Crippen LogP contribution in [0, 0.1) is 0 Å². The number of hydrogen-bond acceptors (Lipinski definition) is 9. The van der Waals surface area contributed by atoms with E-state index in [9.17, 15) is 29.3 Å². The number of carbonyl (C=O) groups excluding carboxylic acids is 2. The summed E-state index contributed by atoms with van der Waals surface area (Å²) >= 11 is 0. The SMILES string of the molecule is CCCCCCCC/C=C\CCCCCCCC(=O)OC(CO)COP(=O)(O)OCC(CO)OC(=O)CCCCCCCCCCCCC/C=C\CCCCCCCCCC. The summed E-state index contributed by atoms with van der Waals surface area (Å²) in [5.74, 6) is -1.02. The van der Waals surface area contributed by atoms with Crippen LogP contribution in [0.25, 0.3) is 0 Å². The van der Waals surface area contributed by atoms with Crippen molar-refractivity contribution in [3.63, 3.8) is 0 Å². The highest BCUT2D eigenvalue weighted by Crippen LogP contribution is 2.43. The van der Waals surface area contributed by atoms with Crippen LogP contribution in [0.15, 0.2) is 24.3 Å². The summed E-state index contributed by atoms with van der Waals surface area (Å²) in [5.41, 5.74) is 0. The van der Waals surface area contributed by atoms with Crippen LogP contribution in [0.3, 0.4) is 0 Å². The molecule has 0 radical (unpaired) electrons. The van der Waals surface area contributed by atoms with E-state index in [0.29, 0.717) is 12.8 Å². The number of rotatable bonds is 48. The van der Waals surface area contributed by atoms with Gasteiger partial charge in [-0.05, 0) is 64.2 Å². The molecule has 360 valence electrons. The van der Waals surface area contributed by atoms with Crippen molar-refractivity contribution in [2.75, 3.05) is 26.4 Å². The van der Waals surface area contributed by atoms with Crippen LogP contribution in [0.4, 0.5) is 0 Å². The third-order valence-corrected chi connectivity index (χ3v) is 12.1. The minimum Gasteiger partial charge on any atom is -0.457 e. The van der Waals surface area contributed by atoms with Crippen LogP contribution >= 0.6 is 7.82 Å². The van der Waals surface area contributed by atoms with Crippen LogP contribution in [0.1, 0.15) is 245 Å². The Morgan fingerprint density at radius 1 is 0.426 bits per heavy atom. The number of esters is 2. The molecular formula is C50H95O10P. The van der Waals surface area contributed by atoms with E-state index in [1.54, 1.807) is 0 Å². The Hall–Kier alpha value is -1.55. The highest BCUT2D eigenvalue weighted by atomic mass is 31.2. The lowest BCUT2D eigenvalue weighted by atomic mass is 10.0. The highest BCUT2D eigenvalue weighted by Gasteiger charge is 2.27. The lowest BCUT2D eigenvalue weighted by Gasteiger charge is -2.20. The van der Waals surface area contributed by atoms with Gasteiger partial charge in [-0.3, -0.25) is 18.6 Å². The lowest BCUT2D eigenvalue weighted by molar-refractivity contribution is -0.153. The molecule has 0 rings (SSSR count). The zero-order valence-electron chi connectivity index (χ0n) is 39.4. The van der Waals surface area contributed by atoms with Crippen LogP contribution in [-0.2, 0) is 32.7 Å². The van der Waals surface area contributed by atoms with Crippen LogP contribution in [0.5, 0.6) is 0 Å². The molecule has 3 N–H and O–H groups in total. The molecule has 0 aliphatic rings. The van der Waals surface area contributed by atoms with Gasteiger partial charge in [-0.2, -0.15) is 0 Å². The van der Waals surface area contributed by atoms with E-state index in [1.807, 2.05) is 0 Å². The van der Waals surface area contributed by atoms with Gasteiger partial charge in [0.05, 0.1) is 26.4 Å². The fraction of sp³-hybridized carbons (Fsp3) is 0.880. The Morgan fingerprint density at radius 2 is 0.672 bits per heavy atom. The molecule has 0 heterocycles. The molecule has 61 heavy (non-hydrogen) atoms. The number of allylic oxidation sites excluding steroid dienone is 4. The molecule has 3 atom stereocenters. The molecule has 0 aromatic rings. The van der Waals surface area contributed by atoms with Gasteiger partial charge in [0, 0.05) is 12.8 Å². The Balaban J connectivity index is 3.82. The molecule has 10 nitrogen and oxygen atoms in total. The Bertz CT molecular complexity index is 1070. The summed E-state index contributed by atoms with van der Waals surface area (Å²) < 4.78 is 32.7. The van der Waals surface area contributed by atoms with Gasteiger partial charge in [-0.15, -0.1) is 0 Å². The molecule has 0 aliphatic heterocycles. The molecule has 0 saturated heterocycles. The summed E-state index contributed by atoms with van der Waals surface area (Å²) in [6.07, 6.45) is 48.7. The first-order valence-electron chi connectivity index (χ1n) is 25.3. The second kappa shape index (κ2) is 46.4. The van der Waals surface area contributed by atoms with E-state index in [4.69, 9.17) is 18.5 Å². The predicted octanol–water partition coefficient (Wildman–Crippen LogP) is 14.1. The van der Waals surface area contributed by atoms with E-state index >= 15 is 0 Å². The zero-order valence-corrected chi connectivity index (χ0v) is 40.3. The Kier molecular flexibility index (Phi) is 45.3. The van der Waals surface area contributed by atoms with E-state index in [-0.39, 0.29) is 12.8 Å². The smallest absolute Gasteiger partial charge is 0.457 e. The van der Waals surface area contributed by atoms with Crippen molar-refractivity contribution < 1.29 is 47.8 Å². The van der Waals surface area contributed by atoms with E-state index in [1.165, 1.54) is 148 Å². The highest BCUT2D eigenvalue weighted by molar-refractivity contribution is 7.47. The minimum atomic E-state index is -4.64. The van der Waals surface area contributed by atoms with Gasteiger partial charge in [0.25, 0.3) is 0 Å². The number of aliphatic hydroxyl groups excluding tert-OH is 2. The van der Waals surface area contributed by atoms with Crippen molar-refractivity contribution in [2.45, 2.75) is 257 Å². The maximum Gasteiger partial charge on any atom is 0.472 e. The maximum absolute atomic E-state index is 12.4. The molecule has 0 saturated carbocycles. The second-order valence-electron chi connectivity index (χ2n) is 17.1. The van der Waals surface area contributed by atoms with Gasteiger partial charge < -0.3 is 24.6 Å². The van der Waals surface area contributed by atoms with Crippen molar-refractivity contribution >= 4 is 19.8 Å². The zero-order chi connectivity index (χ0) is 44.8. The fourth-order valence-corrected chi connectivity index (χ4v) is 8.01. The minimum absolute atomic E-state index is 0.184. The summed E-state index contributed by atoms with van der Waals surface area (Å²) in [6, 6.07) is 0. The Morgan fingerprint density at radius 3 is 0.934 bits per heavy atom. The average Bonchev–Trinajstić information content (AvgIpc) is 3.25. The molecule has 0 spiro atoms. The fourth-order valence-electron chi connectivity index (χ4n) is 7.22. The van der Waals surface area contributed by atoms with Gasteiger partial charge in [0.2, 0.25) is 0 Å². The Labute approximate surface area is 374 Å². The largest absolute Gasteiger partial charge is 0.472 e. The van der Waals surface area contributed by atoms with Crippen molar-refractivity contribution in [2.24, 2.45) is 0 Å². The predicted molar refractivity (Wildman–Crippen MR) is 252 cm³/mol. The monoisotopic (exact) mass is 887 g/mol. The van der Waals surface area contributed by atoms with E-state index < -0.39 is 58.4 Å². The molecule has 0 bridgehead atoms. The maximum atomic E-state index is 12.4. The third kappa shape index (κ3) is 44.8. The normalized spacial score (nSPS) is 13.9. The topological polar surface area (TPSA) is 149 Å². The average molecular weight is 887 g/mol. The van der Waals surface area contributed by atoms with Crippen molar-refractivity contribution in [3.8, 4) is 0 Å². The standard InChI is InChI=1S/C50H95O10P/c1-3-5-7-9-11-13-15-17-19-20-21-22-23-24-25-26-28-30-32-34-36-38-40-42-50(54)60-48(44-52)46-58-61(55,56)57-45-47(43-51)59-49(53)41-39-37-35-33-31-29-27-18-16-14-12-10-8-6-4-2/h18,20-21,27,47-48,51-52H,3-17,19,22-26,28-46H2,1-2H3,(H,55,56)/b21-20-,27-18-. The van der Waals surface area contributed by atoms with Crippen molar-refractivity contribution in [1.29, 1.82) is 0 Å². The number of hydrogen-bond donors (Lipinski definition) is 3. The van der Waals surface area contributed by atoms with E-state index in [2.05, 4.69) is 38.2 Å². The summed E-state index contributed by atoms with van der Waals surface area (Å²) in [4.78, 5) is 34.6. The van der Waals surface area contributed by atoms with Gasteiger partial charge in [-0.1, -0.05) is 192 Å². The molecule has 0 aromatic carbocycles. The van der Waals surface area contributed by atoms with Gasteiger partial charge in [0.1, 0.15) is 12.2 Å². The van der Waals surface area contributed by atoms with Crippen molar-refractivity contribution in [1.82, 2.24) is 0 Å². The number of phosphoric ester groups is 1. The first-order valence-corrected chi connectivity index (χ1v) is 26.8. The molecule has 3 unspecified atom stereocenters. The number of ether oxygens (including phenoxy) is 2. The van der Waals surface area contributed by atoms with Gasteiger partial charge in [0.15, 0.2) is 0 Å². The van der Waals surface area contributed by atoms with Crippen LogP contribution < -0.4 is 0 Å². The molecule has 0 fully saturated rings. The number of phosphoric acid groups is 1. The number of unbranched alkanes of at least 4 members (excludes halogenated alkanes) is 30. The van der Waals surface area contributed by atoms with Crippen LogP contribution in [-0.4, -0.2) is 65.7 Å². The molecule has 0 aromatic heterocycles. The van der Waals surface area contributed by atoms with Crippen LogP contribution in [0.2, 0.25) is 0 Å². The number of aliphatic hydroxyl groups is 2. The van der Waals surface area contributed by atoms with Crippen molar-refractivity contribution in [3.05, 3.63) is 24.3 Å². The quantitative estimate of drug-likeness (QED) is 0.0233. The molecule has 0 amide bonds. The lowest BCUT2D eigenvalue weighted by Crippen LogP contribution is -2.28.